The molecule has 7 nitrogen and oxygen atoms in total. The Morgan fingerprint density at radius 1 is 1.13 bits per heavy atom. The van der Waals surface area contributed by atoms with Gasteiger partial charge < -0.3 is 0 Å². The van der Waals surface area contributed by atoms with Crippen LogP contribution in [0.3, 0.4) is 0 Å². The number of nitrogens with zero attached hydrogens (tertiary/aromatic N) is 1. The molecule has 1 fully saturated rings. The first kappa shape index (κ1) is 17.7. The molecular formula is C14H18ClN3O4S. The Balaban J connectivity index is 2.29. The second-order valence-electron chi connectivity index (χ2n) is 5.25. The molecule has 126 valence electrons. The number of sulfonamides is 1. The van der Waals surface area contributed by atoms with Crippen molar-refractivity contribution in [3.63, 3.8) is 0 Å². The lowest BCUT2D eigenvalue weighted by Gasteiger charge is -2.26. The number of hydrazine groups is 1. The van der Waals surface area contributed by atoms with Crippen molar-refractivity contribution in [1.29, 1.82) is 0 Å². The van der Waals surface area contributed by atoms with E-state index in [0.29, 0.717) is 13.1 Å². The number of piperidine rings is 1. The maximum absolute atomic E-state index is 12.7. The topological polar surface area (TPSA) is 95.6 Å². The molecule has 1 aromatic rings. The molecule has 1 saturated heterocycles. The van der Waals surface area contributed by atoms with Gasteiger partial charge in [-0.1, -0.05) is 18.0 Å². The van der Waals surface area contributed by atoms with Crippen LogP contribution in [0.1, 0.15) is 36.5 Å². The fraction of sp³-hybridized carbons (Fsp3) is 0.429. The molecule has 0 unspecified atom stereocenters. The SMILES string of the molecule is CC(=O)NNC(=O)c1ccc(Cl)c(S(=O)(=O)N2CCCCC2)c1. The van der Waals surface area contributed by atoms with E-state index in [-0.39, 0.29) is 15.5 Å². The third-order valence-corrected chi connectivity index (χ3v) is 5.86. The summed E-state index contributed by atoms with van der Waals surface area (Å²) >= 11 is 6.02. The molecule has 9 heteroatoms. The highest BCUT2D eigenvalue weighted by molar-refractivity contribution is 7.89. The molecule has 0 saturated carbocycles. The fourth-order valence-electron chi connectivity index (χ4n) is 2.30. The Kier molecular flexibility index (Phi) is 5.61. The van der Waals surface area contributed by atoms with E-state index in [2.05, 4.69) is 10.9 Å². The number of halogens is 1. The normalized spacial score (nSPS) is 15.9. The summed E-state index contributed by atoms with van der Waals surface area (Å²) in [6.45, 7) is 2.14. The first-order valence-electron chi connectivity index (χ1n) is 7.19. The zero-order valence-corrected chi connectivity index (χ0v) is 14.2. The molecule has 0 radical (unpaired) electrons. The molecule has 2 N–H and O–H groups in total. The van der Waals surface area contributed by atoms with Gasteiger partial charge in [0, 0.05) is 25.6 Å². The van der Waals surface area contributed by atoms with Gasteiger partial charge in [-0.25, -0.2) is 8.42 Å². The number of hydrogen-bond donors (Lipinski definition) is 2. The van der Waals surface area contributed by atoms with Crippen molar-refractivity contribution < 1.29 is 18.0 Å². The molecule has 1 aromatic carbocycles. The predicted molar refractivity (Wildman–Crippen MR) is 85.3 cm³/mol. The van der Waals surface area contributed by atoms with Crippen LogP contribution in [-0.2, 0) is 14.8 Å². The highest BCUT2D eigenvalue weighted by atomic mass is 35.5. The maximum Gasteiger partial charge on any atom is 0.269 e. The van der Waals surface area contributed by atoms with Crippen LogP contribution in [0, 0.1) is 0 Å². The van der Waals surface area contributed by atoms with Crippen LogP contribution in [0.2, 0.25) is 5.02 Å². The van der Waals surface area contributed by atoms with E-state index < -0.39 is 21.8 Å². The molecule has 0 atom stereocenters. The highest BCUT2D eigenvalue weighted by Crippen LogP contribution is 2.27. The summed E-state index contributed by atoms with van der Waals surface area (Å²) in [7, 11) is -3.75. The molecule has 0 aliphatic carbocycles. The lowest BCUT2D eigenvalue weighted by Crippen LogP contribution is -2.40. The first-order chi connectivity index (χ1) is 10.8. The van der Waals surface area contributed by atoms with Crippen LogP contribution in [0.25, 0.3) is 0 Å². The van der Waals surface area contributed by atoms with Gasteiger partial charge in [0.05, 0.1) is 5.02 Å². The van der Waals surface area contributed by atoms with Gasteiger partial charge in [0.1, 0.15) is 4.90 Å². The van der Waals surface area contributed by atoms with Crippen LogP contribution in [0.4, 0.5) is 0 Å². The van der Waals surface area contributed by atoms with Crippen LogP contribution in [-0.4, -0.2) is 37.6 Å². The Morgan fingerprint density at radius 3 is 2.39 bits per heavy atom. The van der Waals surface area contributed by atoms with Gasteiger partial charge in [0.25, 0.3) is 5.91 Å². The zero-order chi connectivity index (χ0) is 17.0. The molecule has 1 aliphatic heterocycles. The molecule has 2 amide bonds. The molecule has 1 aliphatic rings. The average Bonchev–Trinajstić information content (AvgIpc) is 2.53. The van der Waals surface area contributed by atoms with Crippen molar-refractivity contribution in [2.75, 3.05) is 13.1 Å². The Hall–Kier alpha value is -1.64. The number of nitrogens with one attached hydrogen (secondary N) is 2. The van der Waals surface area contributed by atoms with Gasteiger partial charge in [-0.05, 0) is 31.0 Å². The molecule has 1 heterocycles. The maximum atomic E-state index is 12.7. The monoisotopic (exact) mass is 359 g/mol. The number of carbonyl (C=O) groups is 2. The van der Waals surface area contributed by atoms with E-state index in [1.807, 2.05) is 0 Å². The molecule has 0 bridgehead atoms. The van der Waals surface area contributed by atoms with E-state index in [1.165, 1.54) is 29.4 Å². The van der Waals surface area contributed by atoms with Crippen LogP contribution < -0.4 is 10.9 Å². The minimum Gasteiger partial charge on any atom is -0.274 e. The van der Waals surface area contributed by atoms with Crippen molar-refractivity contribution in [2.45, 2.75) is 31.1 Å². The summed E-state index contributed by atoms with van der Waals surface area (Å²) in [4.78, 5) is 22.7. The lowest BCUT2D eigenvalue weighted by atomic mass is 10.2. The molecule has 2 rings (SSSR count). The number of carbonyl (C=O) groups excluding carboxylic acids is 2. The summed E-state index contributed by atoms with van der Waals surface area (Å²) in [5, 5.41) is 0.0617. The second-order valence-corrected chi connectivity index (χ2v) is 7.56. The Labute approximate surface area is 140 Å². The minimum atomic E-state index is -3.75. The number of amides is 2. The summed E-state index contributed by atoms with van der Waals surface area (Å²) in [6.07, 6.45) is 2.61. The van der Waals surface area contributed by atoms with Crippen molar-refractivity contribution in [3.8, 4) is 0 Å². The van der Waals surface area contributed by atoms with Crippen molar-refractivity contribution in [3.05, 3.63) is 28.8 Å². The summed E-state index contributed by atoms with van der Waals surface area (Å²) < 4.78 is 26.8. The summed E-state index contributed by atoms with van der Waals surface area (Å²) in [6, 6.07) is 3.99. The zero-order valence-electron chi connectivity index (χ0n) is 12.6. The Morgan fingerprint density at radius 2 is 1.78 bits per heavy atom. The van der Waals surface area contributed by atoms with Gasteiger partial charge in [0.2, 0.25) is 15.9 Å². The third kappa shape index (κ3) is 4.21. The van der Waals surface area contributed by atoms with Gasteiger partial charge in [0.15, 0.2) is 0 Å². The number of hydrogen-bond acceptors (Lipinski definition) is 4. The average molecular weight is 360 g/mol. The summed E-state index contributed by atoms with van der Waals surface area (Å²) in [5.41, 5.74) is 4.43. The van der Waals surface area contributed by atoms with E-state index in [4.69, 9.17) is 11.6 Å². The van der Waals surface area contributed by atoms with Gasteiger partial charge in [-0.15, -0.1) is 0 Å². The van der Waals surface area contributed by atoms with E-state index in [0.717, 1.165) is 19.3 Å². The number of benzene rings is 1. The molecule has 0 spiro atoms. The van der Waals surface area contributed by atoms with Crippen molar-refractivity contribution >= 4 is 33.4 Å². The largest absolute Gasteiger partial charge is 0.274 e. The predicted octanol–water partition coefficient (Wildman–Crippen LogP) is 1.30. The third-order valence-electron chi connectivity index (χ3n) is 3.48. The second kappa shape index (κ2) is 7.29. The standard InChI is InChI=1S/C14H18ClN3O4S/c1-10(19)16-17-14(20)11-5-6-12(15)13(9-11)23(21,22)18-7-3-2-4-8-18/h5-6,9H,2-4,7-8H2,1H3,(H,16,19)(H,17,20). The molecule has 0 aromatic heterocycles. The van der Waals surface area contributed by atoms with Crippen molar-refractivity contribution in [1.82, 2.24) is 15.2 Å². The summed E-state index contributed by atoms with van der Waals surface area (Å²) in [5.74, 6) is -1.06. The quantitative estimate of drug-likeness (QED) is 0.795. The first-order valence-corrected chi connectivity index (χ1v) is 9.01. The van der Waals surface area contributed by atoms with Gasteiger partial charge in [-0.2, -0.15) is 4.31 Å². The van der Waals surface area contributed by atoms with Gasteiger partial charge >= 0.3 is 0 Å². The fourth-order valence-corrected chi connectivity index (χ4v) is 4.32. The Bertz CT molecular complexity index is 715. The van der Waals surface area contributed by atoms with E-state index in [9.17, 15) is 18.0 Å². The van der Waals surface area contributed by atoms with Crippen LogP contribution >= 0.6 is 11.6 Å². The van der Waals surface area contributed by atoms with Gasteiger partial charge in [-0.3, -0.25) is 20.4 Å². The number of rotatable bonds is 3. The lowest BCUT2D eigenvalue weighted by molar-refractivity contribution is -0.119. The minimum absolute atomic E-state index is 0.0617. The molecular weight excluding hydrogens is 342 g/mol. The van der Waals surface area contributed by atoms with Crippen molar-refractivity contribution in [2.24, 2.45) is 0 Å². The van der Waals surface area contributed by atoms with Crippen LogP contribution in [0.15, 0.2) is 23.1 Å². The van der Waals surface area contributed by atoms with Crippen LogP contribution in [0.5, 0.6) is 0 Å². The van der Waals surface area contributed by atoms with E-state index in [1.54, 1.807) is 0 Å². The molecule has 23 heavy (non-hydrogen) atoms. The smallest absolute Gasteiger partial charge is 0.269 e. The van der Waals surface area contributed by atoms with E-state index >= 15 is 0 Å². The highest BCUT2D eigenvalue weighted by Gasteiger charge is 2.28.